The molecule has 8 heteroatoms. The molecule has 1 amide bonds. The second-order valence-electron chi connectivity index (χ2n) is 5.17. The van der Waals surface area contributed by atoms with Crippen molar-refractivity contribution in [3.05, 3.63) is 29.8 Å². The van der Waals surface area contributed by atoms with Crippen molar-refractivity contribution in [2.45, 2.75) is 25.2 Å². The first kappa shape index (κ1) is 17.6. The summed E-state index contributed by atoms with van der Waals surface area (Å²) in [6.07, 6.45) is -4.57. The molecule has 0 aliphatic carbocycles. The van der Waals surface area contributed by atoms with E-state index in [0.29, 0.717) is 18.9 Å². The monoisotopic (exact) mass is 332 g/mol. The molecule has 2 atom stereocenters. The summed E-state index contributed by atoms with van der Waals surface area (Å²) in [6.45, 7) is 3.42. The average Bonchev–Trinajstić information content (AvgIpc) is 2.51. The van der Waals surface area contributed by atoms with Crippen molar-refractivity contribution in [3.8, 4) is 5.75 Å². The highest BCUT2D eigenvalue weighted by Crippen LogP contribution is 2.30. The fraction of sp³-hybridized carbons (Fsp3) is 0.533. The molecule has 0 aromatic heterocycles. The Bertz CT molecular complexity index is 520. The molecule has 2 rings (SSSR count). The van der Waals surface area contributed by atoms with Crippen LogP contribution >= 0.6 is 0 Å². The molecule has 0 radical (unpaired) electrons. The van der Waals surface area contributed by atoms with Crippen LogP contribution in [-0.4, -0.2) is 44.4 Å². The van der Waals surface area contributed by atoms with Gasteiger partial charge in [-0.05, 0) is 31.2 Å². The van der Waals surface area contributed by atoms with Gasteiger partial charge in [-0.3, -0.25) is 4.79 Å². The van der Waals surface area contributed by atoms with Gasteiger partial charge in [-0.25, -0.2) is 0 Å². The first-order chi connectivity index (χ1) is 10.9. The van der Waals surface area contributed by atoms with E-state index in [2.05, 4.69) is 10.6 Å². The number of alkyl halides is 3. The lowest BCUT2D eigenvalue weighted by molar-refractivity contribution is -0.137. The van der Waals surface area contributed by atoms with Crippen LogP contribution in [0.3, 0.4) is 0 Å². The number of hydrogen-bond donors (Lipinski definition) is 2. The number of halogens is 3. The molecule has 0 unspecified atom stereocenters. The van der Waals surface area contributed by atoms with Gasteiger partial charge in [0.05, 0.1) is 24.8 Å². The van der Waals surface area contributed by atoms with E-state index in [0.717, 1.165) is 12.1 Å². The number of rotatable bonds is 5. The van der Waals surface area contributed by atoms with Crippen LogP contribution in [-0.2, 0) is 15.7 Å². The summed E-state index contributed by atoms with van der Waals surface area (Å²) in [4.78, 5) is 11.9. The third-order valence-corrected chi connectivity index (χ3v) is 3.45. The minimum absolute atomic E-state index is 0.166. The molecular weight excluding hydrogens is 313 g/mol. The number of hydrogen-bond acceptors (Lipinski definition) is 4. The average molecular weight is 332 g/mol. The van der Waals surface area contributed by atoms with Gasteiger partial charge >= 0.3 is 6.18 Å². The Morgan fingerprint density at radius 1 is 1.39 bits per heavy atom. The van der Waals surface area contributed by atoms with Crippen molar-refractivity contribution in [2.75, 3.05) is 26.3 Å². The molecule has 1 fully saturated rings. The molecule has 1 aliphatic rings. The van der Waals surface area contributed by atoms with Crippen molar-refractivity contribution in [3.63, 3.8) is 0 Å². The predicted octanol–water partition coefficient (Wildman–Crippen LogP) is 1.58. The SMILES string of the molecule is C[C@H]1OCCN[C@@H]1C(=O)NCCOc1ccc(C(F)(F)F)cc1. The lowest BCUT2D eigenvalue weighted by Crippen LogP contribution is -2.55. The second-order valence-corrected chi connectivity index (χ2v) is 5.17. The van der Waals surface area contributed by atoms with Crippen LogP contribution in [0.5, 0.6) is 5.75 Å². The summed E-state index contributed by atoms with van der Waals surface area (Å²) in [5, 5.41) is 5.77. The molecule has 2 N–H and O–H groups in total. The summed E-state index contributed by atoms with van der Waals surface area (Å²) in [7, 11) is 0. The van der Waals surface area contributed by atoms with Crippen molar-refractivity contribution in [1.29, 1.82) is 0 Å². The minimum Gasteiger partial charge on any atom is -0.492 e. The maximum atomic E-state index is 12.4. The van der Waals surface area contributed by atoms with E-state index >= 15 is 0 Å². The van der Waals surface area contributed by atoms with Crippen LogP contribution in [0.25, 0.3) is 0 Å². The molecule has 5 nitrogen and oxygen atoms in total. The summed E-state index contributed by atoms with van der Waals surface area (Å²) in [5.41, 5.74) is -0.726. The largest absolute Gasteiger partial charge is 0.492 e. The highest BCUT2D eigenvalue weighted by atomic mass is 19.4. The molecule has 1 aromatic rings. The first-order valence-electron chi connectivity index (χ1n) is 7.30. The summed E-state index contributed by atoms with van der Waals surface area (Å²) >= 11 is 0. The Morgan fingerprint density at radius 3 is 2.70 bits per heavy atom. The number of carbonyl (C=O) groups excluding carboxylic acids is 1. The Morgan fingerprint density at radius 2 is 2.09 bits per heavy atom. The molecule has 0 spiro atoms. The highest BCUT2D eigenvalue weighted by molar-refractivity contribution is 5.82. The molecular formula is C15H19F3N2O3. The third kappa shape index (κ3) is 5.11. The second kappa shape index (κ2) is 7.65. The van der Waals surface area contributed by atoms with Crippen molar-refractivity contribution in [1.82, 2.24) is 10.6 Å². The van der Waals surface area contributed by atoms with E-state index in [-0.39, 0.29) is 25.2 Å². The molecule has 1 aliphatic heterocycles. The summed E-state index contributed by atoms with van der Waals surface area (Å²) in [6, 6.07) is 4.01. The molecule has 128 valence electrons. The van der Waals surface area contributed by atoms with E-state index in [1.165, 1.54) is 12.1 Å². The summed E-state index contributed by atoms with van der Waals surface area (Å²) in [5.74, 6) is 0.132. The van der Waals surface area contributed by atoms with E-state index in [4.69, 9.17) is 9.47 Å². The first-order valence-corrected chi connectivity index (χ1v) is 7.30. The van der Waals surface area contributed by atoms with Crippen molar-refractivity contribution in [2.24, 2.45) is 0 Å². The molecule has 0 bridgehead atoms. The molecule has 1 heterocycles. The van der Waals surface area contributed by atoms with Gasteiger partial charge in [-0.15, -0.1) is 0 Å². The van der Waals surface area contributed by atoms with Gasteiger partial charge in [-0.1, -0.05) is 0 Å². The maximum absolute atomic E-state index is 12.4. The van der Waals surface area contributed by atoms with Crippen LogP contribution in [0.2, 0.25) is 0 Å². The Balaban J connectivity index is 1.72. The standard InChI is InChI=1S/C15H19F3N2O3/c1-10-13(19-6-8-22-10)14(21)20-7-9-23-12-4-2-11(3-5-12)15(16,17)18/h2-5,10,13,19H,6-9H2,1H3,(H,20,21)/t10-,13+/m1/s1. The van der Waals surface area contributed by atoms with Crippen LogP contribution in [0.1, 0.15) is 12.5 Å². The zero-order valence-corrected chi connectivity index (χ0v) is 12.7. The van der Waals surface area contributed by atoms with Gasteiger partial charge in [0.15, 0.2) is 0 Å². The van der Waals surface area contributed by atoms with Gasteiger partial charge in [0.2, 0.25) is 5.91 Å². The Labute approximate surface area is 132 Å². The van der Waals surface area contributed by atoms with Crippen LogP contribution < -0.4 is 15.4 Å². The topological polar surface area (TPSA) is 59.6 Å². The fourth-order valence-electron chi connectivity index (χ4n) is 2.22. The van der Waals surface area contributed by atoms with Crippen LogP contribution in [0.4, 0.5) is 13.2 Å². The quantitative estimate of drug-likeness (QED) is 0.804. The number of carbonyl (C=O) groups is 1. The van der Waals surface area contributed by atoms with Crippen molar-refractivity contribution >= 4 is 5.91 Å². The number of morpholine rings is 1. The van der Waals surface area contributed by atoms with E-state index in [9.17, 15) is 18.0 Å². The van der Waals surface area contributed by atoms with E-state index < -0.39 is 17.8 Å². The maximum Gasteiger partial charge on any atom is 0.416 e. The number of amides is 1. The number of benzene rings is 1. The molecule has 23 heavy (non-hydrogen) atoms. The van der Waals surface area contributed by atoms with Gasteiger partial charge in [0.1, 0.15) is 18.4 Å². The Hall–Kier alpha value is -1.80. The smallest absolute Gasteiger partial charge is 0.416 e. The van der Waals surface area contributed by atoms with Crippen molar-refractivity contribution < 1.29 is 27.4 Å². The Kier molecular flexibility index (Phi) is 5.84. The molecule has 1 saturated heterocycles. The third-order valence-electron chi connectivity index (χ3n) is 3.45. The molecule has 1 aromatic carbocycles. The normalized spacial score (nSPS) is 21.7. The number of nitrogens with one attached hydrogen (secondary N) is 2. The molecule has 0 saturated carbocycles. The summed E-state index contributed by atoms with van der Waals surface area (Å²) < 4.78 is 47.9. The minimum atomic E-state index is -4.36. The van der Waals surface area contributed by atoms with E-state index in [1.54, 1.807) is 0 Å². The lowest BCUT2D eigenvalue weighted by atomic mass is 10.1. The van der Waals surface area contributed by atoms with Crippen LogP contribution in [0, 0.1) is 0 Å². The van der Waals surface area contributed by atoms with Crippen LogP contribution in [0.15, 0.2) is 24.3 Å². The fourth-order valence-corrected chi connectivity index (χ4v) is 2.22. The lowest BCUT2D eigenvalue weighted by Gasteiger charge is -2.29. The zero-order valence-electron chi connectivity index (χ0n) is 12.7. The van der Waals surface area contributed by atoms with Gasteiger partial charge in [0.25, 0.3) is 0 Å². The number of ether oxygens (including phenoxy) is 2. The van der Waals surface area contributed by atoms with Gasteiger partial charge in [0, 0.05) is 6.54 Å². The zero-order chi connectivity index (χ0) is 16.9. The predicted molar refractivity (Wildman–Crippen MR) is 77.2 cm³/mol. The van der Waals surface area contributed by atoms with E-state index in [1.807, 2.05) is 6.92 Å². The van der Waals surface area contributed by atoms with Gasteiger partial charge < -0.3 is 20.1 Å². The van der Waals surface area contributed by atoms with Gasteiger partial charge in [-0.2, -0.15) is 13.2 Å². The highest BCUT2D eigenvalue weighted by Gasteiger charge is 2.30.